The van der Waals surface area contributed by atoms with Gasteiger partial charge in [-0.25, -0.2) is 4.98 Å². The number of pyridine rings is 1. The predicted molar refractivity (Wildman–Crippen MR) is 79.7 cm³/mol. The van der Waals surface area contributed by atoms with Crippen molar-refractivity contribution in [3.05, 3.63) is 59.3 Å². The molecular formula is C17H20N2O. The van der Waals surface area contributed by atoms with Crippen molar-refractivity contribution in [2.75, 3.05) is 6.61 Å². The molecule has 1 aromatic heterocycles. The summed E-state index contributed by atoms with van der Waals surface area (Å²) in [6.45, 7) is 3.48. The summed E-state index contributed by atoms with van der Waals surface area (Å²) in [6.07, 6.45) is 4.17. The van der Waals surface area contributed by atoms with E-state index in [0.717, 1.165) is 6.54 Å². The molecule has 0 aliphatic heterocycles. The number of aromatic nitrogens is 1. The number of nitrogens with one attached hydrogen (secondary N) is 1. The smallest absolute Gasteiger partial charge is 0.213 e. The van der Waals surface area contributed by atoms with Crippen molar-refractivity contribution in [2.24, 2.45) is 0 Å². The number of nitrogens with zero attached hydrogens (tertiary/aromatic N) is 1. The highest BCUT2D eigenvalue weighted by atomic mass is 16.5. The Balaban J connectivity index is 1.64. The minimum atomic E-state index is 0.468. The Bertz CT molecular complexity index is 583. The molecule has 0 radical (unpaired) electrons. The average molecular weight is 268 g/mol. The van der Waals surface area contributed by atoms with E-state index in [1.54, 1.807) is 0 Å². The molecule has 0 fully saturated rings. The molecule has 3 nitrogen and oxygen atoms in total. The molecule has 104 valence electrons. The molecular weight excluding hydrogens is 248 g/mol. The van der Waals surface area contributed by atoms with Gasteiger partial charge in [0.1, 0.15) is 0 Å². The van der Waals surface area contributed by atoms with Crippen LogP contribution in [0.15, 0.2) is 42.6 Å². The van der Waals surface area contributed by atoms with E-state index in [1.165, 1.54) is 29.5 Å². The Morgan fingerprint density at radius 2 is 2.20 bits per heavy atom. The van der Waals surface area contributed by atoms with Crippen LogP contribution in [0.3, 0.4) is 0 Å². The van der Waals surface area contributed by atoms with Gasteiger partial charge < -0.3 is 10.1 Å². The van der Waals surface area contributed by atoms with Gasteiger partial charge in [-0.1, -0.05) is 24.3 Å². The molecule has 3 rings (SSSR count). The fourth-order valence-electron chi connectivity index (χ4n) is 2.80. The number of aryl methyl sites for hydroxylation is 1. The maximum absolute atomic E-state index is 5.44. The fourth-order valence-corrected chi connectivity index (χ4v) is 2.80. The molecule has 1 aromatic carbocycles. The van der Waals surface area contributed by atoms with Crippen molar-refractivity contribution in [2.45, 2.75) is 32.4 Å². The molecule has 0 bridgehead atoms. The summed E-state index contributed by atoms with van der Waals surface area (Å²) < 4.78 is 5.44. The van der Waals surface area contributed by atoms with Gasteiger partial charge in [-0.05, 0) is 42.5 Å². The molecule has 1 aliphatic rings. The van der Waals surface area contributed by atoms with Crippen LogP contribution in [0.4, 0.5) is 0 Å². The van der Waals surface area contributed by atoms with Gasteiger partial charge in [0.15, 0.2) is 0 Å². The SMILES string of the molecule is CCOc1cc(CN[C@@H]2CCc3ccccc32)ccn1. The molecule has 3 heteroatoms. The van der Waals surface area contributed by atoms with Crippen molar-refractivity contribution in [3.8, 4) is 5.88 Å². The molecule has 0 saturated carbocycles. The Labute approximate surface area is 120 Å². The van der Waals surface area contributed by atoms with Gasteiger partial charge in [0.25, 0.3) is 0 Å². The second-order valence-corrected chi connectivity index (χ2v) is 5.11. The molecule has 0 saturated heterocycles. The molecule has 1 aliphatic carbocycles. The monoisotopic (exact) mass is 268 g/mol. The quantitative estimate of drug-likeness (QED) is 0.903. The second-order valence-electron chi connectivity index (χ2n) is 5.11. The maximum Gasteiger partial charge on any atom is 0.213 e. The van der Waals surface area contributed by atoms with Crippen LogP contribution in [0.2, 0.25) is 0 Å². The standard InChI is InChI=1S/C17H20N2O/c1-2-20-17-11-13(9-10-18-17)12-19-16-8-7-14-5-3-4-6-15(14)16/h3-6,9-11,16,19H,2,7-8,12H2,1H3/t16-/m1/s1. The highest BCUT2D eigenvalue weighted by Gasteiger charge is 2.20. The third-order valence-electron chi connectivity index (χ3n) is 3.78. The van der Waals surface area contributed by atoms with Crippen molar-refractivity contribution in [1.82, 2.24) is 10.3 Å². The van der Waals surface area contributed by atoms with E-state index in [1.807, 2.05) is 25.3 Å². The number of rotatable bonds is 5. The second kappa shape index (κ2) is 6.06. The van der Waals surface area contributed by atoms with Gasteiger partial charge in [-0.15, -0.1) is 0 Å². The lowest BCUT2D eigenvalue weighted by Gasteiger charge is -2.14. The highest BCUT2D eigenvalue weighted by molar-refractivity contribution is 5.34. The zero-order valence-corrected chi connectivity index (χ0v) is 11.8. The molecule has 2 aromatic rings. The minimum absolute atomic E-state index is 0.468. The van der Waals surface area contributed by atoms with Crippen LogP contribution in [0.5, 0.6) is 5.88 Å². The van der Waals surface area contributed by atoms with Crippen LogP contribution < -0.4 is 10.1 Å². The fraction of sp³-hybridized carbons (Fsp3) is 0.353. The minimum Gasteiger partial charge on any atom is -0.478 e. The van der Waals surface area contributed by atoms with Crippen LogP contribution in [0.25, 0.3) is 0 Å². The van der Waals surface area contributed by atoms with Gasteiger partial charge in [0.2, 0.25) is 5.88 Å². The van der Waals surface area contributed by atoms with Crippen LogP contribution in [0, 0.1) is 0 Å². The Morgan fingerprint density at radius 3 is 3.10 bits per heavy atom. The molecule has 1 N–H and O–H groups in total. The zero-order valence-electron chi connectivity index (χ0n) is 11.8. The predicted octanol–water partition coefficient (Wildman–Crippen LogP) is 3.26. The lowest BCUT2D eigenvalue weighted by Crippen LogP contribution is -2.18. The first-order valence-corrected chi connectivity index (χ1v) is 7.25. The van der Waals surface area contributed by atoms with E-state index < -0.39 is 0 Å². The van der Waals surface area contributed by atoms with E-state index in [4.69, 9.17) is 4.74 Å². The normalized spacial score (nSPS) is 16.9. The van der Waals surface area contributed by atoms with E-state index in [2.05, 4.69) is 34.6 Å². The van der Waals surface area contributed by atoms with Gasteiger partial charge >= 0.3 is 0 Å². The first-order chi connectivity index (χ1) is 9.86. The van der Waals surface area contributed by atoms with Crippen LogP contribution >= 0.6 is 0 Å². The van der Waals surface area contributed by atoms with Crippen molar-refractivity contribution >= 4 is 0 Å². The third-order valence-corrected chi connectivity index (χ3v) is 3.78. The Kier molecular flexibility index (Phi) is 3.97. The maximum atomic E-state index is 5.44. The summed E-state index contributed by atoms with van der Waals surface area (Å²) in [4.78, 5) is 4.19. The van der Waals surface area contributed by atoms with Gasteiger partial charge in [0.05, 0.1) is 6.61 Å². The third kappa shape index (κ3) is 2.83. The zero-order chi connectivity index (χ0) is 13.8. The number of hydrogen-bond acceptors (Lipinski definition) is 3. The molecule has 1 atom stereocenters. The molecule has 1 heterocycles. The van der Waals surface area contributed by atoms with Gasteiger partial charge in [-0.3, -0.25) is 0 Å². The molecule has 20 heavy (non-hydrogen) atoms. The number of hydrogen-bond donors (Lipinski definition) is 1. The highest BCUT2D eigenvalue weighted by Crippen LogP contribution is 2.30. The van der Waals surface area contributed by atoms with E-state index in [9.17, 15) is 0 Å². The average Bonchev–Trinajstić information content (AvgIpc) is 2.89. The Hall–Kier alpha value is -1.87. The first kappa shape index (κ1) is 13.1. The van der Waals surface area contributed by atoms with Crippen molar-refractivity contribution in [3.63, 3.8) is 0 Å². The van der Waals surface area contributed by atoms with Gasteiger partial charge in [0, 0.05) is 24.8 Å². The number of fused-ring (bicyclic) bond motifs is 1. The molecule has 0 spiro atoms. The lowest BCUT2D eigenvalue weighted by atomic mass is 10.1. The summed E-state index contributed by atoms with van der Waals surface area (Å²) in [5.74, 6) is 0.707. The van der Waals surface area contributed by atoms with Gasteiger partial charge in [-0.2, -0.15) is 0 Å². The van der Waals surface area contributed by atoms with E-state index in [-0.39, 0.29) is 0 Å². The topological polar surface area (TPSA) is 34.1 Å². The van der Waals surface area contributed by atoms with Crippen LogP contribution in [0.1, 0.15) is 36.1 Å². The number of ether oxygens (including phenoxy) is 1. The lowest BCUT2D eigenvalue weighted by molar-refractivity contribution is 0.326. The molecule has 0 unspecified atom stereocenters. The van der Waals surface area contributed by atoms with E-state index in [0.29, 0.717) is 18.5 Å². The van der Waals surface area contributed by atoms with Crippen molar-refractivity contribution < 1.29 is 4.74 Å². The molecule has 0 amide bonds. The summed E-state index contributed by atoms with van der Waals surface area (Å²) in [6, 6.07) is 13.2. The largest absolute Gasteiger partial charge is 0.478 e. The van der Waals surface area contributed by atoms with Crippen LogP contribution in [-0.4, -0.2) is 11.6 Å². The van der Waals surface area contributed by atoms with Crippen LogP contribution in [-0.2, 0) is 13.0 Å². The Morgan fingerprint density at radius 1 is 1.30 bits per heavy atom. The van der Waals surface area contributed by atoms with Crippen molar-refractivity contribution in [1.29, 1.82) is 0 Å². The van der Waals surface area contributed by atoms with E-state index >= 15 is 0 Å². The summed E-state index contributed by atoms with van der Waals surface area (Å²) in [5, 5.41) is 3.64. The summed E-state index contributed by atoms with van der Waals surface area (Å²) in [5.41, 5.74) is 4.15. The number of benzene rings is 1. The summed E-state index contributed by atoms with van der Waals surface area (Å²) >= 11 is 0. The first-order valence-electron chi connectivity index (χ1n) is 7.25. The summed E-state index contributed by atoms with van der Waals surface area (Å²) in [7, 11) is 0.